The highest BCUT2D eigenvalue weighted by atomic mass is 19.4. The Bertz CT molecular complexity index is 741. The topological polar surface area (TPSA) is 43.2 Å². The van der Waals surface area contributed by atoms with Gasteiger partial charge in [-0.05, 0) is 42.0 Å². The molecule has 0 N–H and O–H groups in total. The van der Waals surface area contributed by atoms with Gasteiger partial charge in [0.05, 0.1) is 19.5 Å². The minimum Gasteiger partial charge on any atom is -0.497 e. The summed E-state index contributed by atoms with van der Waals surface area (Å²) in [6.45, 7) is 0. The summed E-state index contributed by atoms with van der Waals surface area (Å²) in [5, 5.41) is 7.40. The summed E-state index contributed by atoms with van der Waals surface area (Å²) in [6.07, 6.45) is -2.20. The third-order valence-corrected chi connectivity index (χ3v) is 2.79. The Labute approximate surface area is 135 Å². The molecule has 2 aromatic carbocycles. The summed E-state index contributed by atoms with van der Waals surface area (Å²) < 4.78 is 58.3. The van der Waals surface area contributed by atoms with Gasteiger partial charge >= 0.3 is 6.36 Å². The molecule has 0 amide bonds. The molecule has 0 bridgehead atoms. The highest BCUT2D eigenvalue weighted by Gasteiger charge is 2.30. The van der Waals surface area contributed by atoms with Crippen molar-refractivity contribution < 1.29 is 27.0 Å². The zero-order chi connectivity index (χ0) is 17.6. The molecular weight excluding hydrogens is 328 g/mol. The Hall–Kier alpha value is -2.90. The van der Waals surface area contributed by atoms with E-state index in [0.717, 1.165) is 12.1 Å². The fourth-order valence-electron chi connectivity index (χ4n) is 1.69. The van der Waals surface area contributed by atoms with Gasteiger partial charge in [0.2, 0.25) is 0 Å². The SMILES string of the molecule is COc1ccc(C=NN=Cc2ccc(OC(F)(F)F)cc2)c(F)c1. The van der Waals surface area contributed by atoms with Crippen LogP contribution in [0.5, 0.6) is 11.5 Å². The van der Waals surface area contributed by atoms with E-state index >= 15 is 0 Å². The lowest BCUT2D eigenvalue weighted by Crippen LogP contribution is -2.16. The summed E-state index contributed by atoms with van der Waals surface area (Å²) in [5.41, 5.74) is 0.735. The molecule has 24 heavy (non-hydrogen) atoms. The number of alkyl halides is 3. The molecule has 0 aromatic heterocycles. The van der Waals surface area contributed by atoms with Gasteiger partial charge in [-0.3, -0.25) is 0 Å². The van der Waals surface area contributed by atoms with Gasteiger partial charge in [-0.25, -0.2) is 4.39 Å². The zero-order valence-corrected chi connectivity index (χ0v) is 12.4. The van der Waals surface area contributed by atoms with Crippen LogP contribution in [0.3, 0.4) is 0 Å². The molecule has 8 heteroatoms. The van der Waals surface area contributed by atoms with Crippen LogP contribution in [0.2, 0.25) is 0 Å². The van der Waals surface area contributed by atoms with E-state index in [1.54, 1.807) is 6.07 Å². The van der Waals surface area contributed by atoms with E-state index in [-0.39, 0.29) is 11.3 Å². The Balaban J connectivity index is 1.98. The first kappa shape index (κ1) is 17.5. The van der Waals surface area contributed by atoms with Crippen molar-refractivity contribution in [2.24, 2.45) is 10.2 Å². The highest BCUT2D eigenvalue weighted by molar-refractivity contribution is 5.83. The number of halogens is 4. The number of benzene rings is 2. The number of nitrogens with zero attached hydrogens (tertiary/aromatic N) is 2. The van der Waals surface area contributed by atoms with Crippen LogP contribution in [0, 0.1) is 5.82 Å². The first-order valence-corrected chi connectivity index (χ1v) is 6.63. The van der Waals surface area contributed by atoms with Crippen LogP contribution in [0.1, 0.15) is 11.1 Å². The molecule has 0 aliphatic rings. The van der Waals surface area contributed by atoms with Crippen LogP contribution in [0.25, 0.3) is 0 Å². The number of rotatable bonds is 5. The van der Waals surface area contributed by atoms with Gasteiger partial charge in [-0.2, -0.15) is 10.2 Å². The average molecular weight is 340 g/mol. The van der Waals surface area contributed by atoms with E-state index < -0.39 is 12.2 Å². The molecular formula is C16H12F4N2O2. The molecule has 4 nitrogen and oxygen atoms in total. The van der Waals surface area contributed by atoms with Gasteiger partial charge < -0.3 is 9.47 Å². The highest BCUT2D eigenvalue weighted by Crippen LogP contribution is 2.22. The van der Waals surface area contributed by atoms with Crippen LogP contribution < -0.4 is 9.47 Å². The average Bonchev–Trinajstić information content (AvgIpc) is 2.52. The van der Waals surface area contributed by atoms with E-state index in [9.17, 15) is 17.6 Å². The van der Waals surface area contributed by atoms with Crippen molar-refractivity contribution in [1.29, 1.82) is 0 Å². The second-order valence-corrected chi connectivity index (χ2v) is 4.49. The first-order valence-electron chi connectivity index (χ1n) is 6.63. The molecule has 0 atom stereocenters. The zero-order valence-electron chi connectivity index (χ0n) is 12.4. The molecule has 0 saturated carbocycles. The lowest BCUT2D eigenvalue weighted by atomic mass is 10.2. The molecule has 0 heterocycles. The van der Waals surface area contributed by atoms with Crippen LogP contribution in [-0.4, -0.2) is 25.9 Å². The fourth-order valence-corrected chi connectivity index (χ4v) is 1.69. The third-order valence-electron chi connectivity index (χ3n) is 2.79. The molecule has 0 aliphatic carbocycles. The molecule has 2 rings (SSSR count). The lowest BCUT2D eigenvalue weighted by molar-refractivity contribution is -0.274. The van der Waals surface area contributed by atoms with Crippen molar-refractivity contribution in [2.75, 3.05) is 7.11 Å². The van der Waals surface area contributed by atoms with Crippen molar-refractivity contribution >= 4 is 12.4 Å². The maximum absolute atomic E-state index is 13.6. The predicted octanol–water partition coefficient (Wildman–Crippen LogP) is 4.19. The largest absolute Gasteiger partial charge is 0.573 e. The molecule has 0 unspecified atom stereocenters. The lowest BCUT2D eigenvalue weighted by Gasteiger charge is -2.08. The van der Waals surface area contributed by atoms with E-state index in [1.807, 2.05) is 0 Å². The Kier molecular flexibility index (Phi) is 5.51. The van der Waals surface area contributed by atoms with E-state index in [1.165, 1.54) is 43.8 Å². The smallest absolute Gasteiger partial charge is 0.497 e. The van der Waals surface area contributed by atoms with Crippen LogP contribution in [0.4, 0.5) is 17.6 Å². The number of hydrogen-bond donors (Lipinski definition) is 0. The predicted molar refractivity (Wildman–Crippen MR) is 81.3 cm³/mol. The standard InChI is InChI=1S/C16H12F4N2O2/c1-23-14-7-4-12(15(17)8-14)10-22-21-9-11-2-5-13(6-3-11)24-16(18,19)20/h2-10H,1H3. The van der Waals surface area contributed by atoms with E-state index in [2.05, 4.69) is 14.9 Å². The maximum Gasteiger partial charge on any atom is 0.573 e. The Morgan fingerprint density at radius 2 is 1.54 bits per heavy atom. The summed E-state index contributed by atoms with van der Waals surface area (Å²) in [4.78, 5) is 0. The molecule has 0 saturated heterocycles. The number of methoxy groups -OCH3 is 1. The van der Waals surface area contributed by atoms with Crippen molar-refractivity contribution in [2.45, 2.75) is 6.36 Å². The van der Waals surface area contributed by atoms with Gasteiger partial charge in [-0.1, -0.05) is 0 Å². The van der Waals surface area contributed by atoms with Crippen molar-refractivity contribution in [3.63, 3.8) is 0 Å². The third kappa shape index (κ3) is 5.38. The van der Waals surface area contributed by atoms with Gasteiger partial charge in [0.15, 0.2) is 0 Å². The van der Waals surface area contributed by atoms with Gasteiger partial charge in [0.25, 0.3) is 0 Å². The van der Waals surface area contributed by atoms with Gasteiger partial charge in [0, 0.05) is 11.6 Å². The molecule has 0 aliphatic heterocycles. The first-order chi connectivity index (χ1) is 11.4. The number of hydrogen-bond acceptors (Lipinski definition) is 4. The second-order valence-electron chi connectivity index (χ2n) is 4.49. The quantitative estimate of drug-likeness (QED) is 0.465. The van der Waals surface area contributed by atoms with Gasteiger partial charge in [-0.15, -0.1) is 13.2 Å². The minimum absolute atomic E-state index is 0.224. The monoisotopic (exact) mass is 340 g/mol. The maximum atomic E-state index is 13.6. The van der Waals surface area contributed by atoms with Crippen LogP contribution in [0.15, 0.2) is 52.7 Å². The Morgan fingerprint density at radius 1 is 0.917 bits per heavy atom. The Morgan fingerprint density at radius 3 is 2.12 bits per heavy atom. The summed E-state index contributed by atoms with van der Waals surface area (Å²) >= 11 is 0. The fraction of sp³-hybridized carbons (Fsp3) is 0.125. The number of ether oxygens (including phenoxy) is 2. The second kappa shape index (κ2) is 7.58. The molecule has 0 radical (unpaired) electrons. The molecule has 126 valence electrons. The van der Waals surface area contributed by atoms with Crippen molar-refractivity contribution in [3.8, 4) is 11.5 Å². The van der Waals surface area contributed by atoms with Crippen LogP contribution >= 0.6 is 0 Å². The van der Waals surface area contributed by atoms with E-state index in [0.29, 0.717) is 11.3 Å². The minimum atomic E-state index is -4.73. The van der Waals surface area contributed by atoms with Gasteiger partial charge in [0.1, 0.15) is 17.3 Å². The molecule has 2 aromatic rings. The molecule has 0 fully saturated rings. The van der Waals surface area contributed by atoms with Crippen molar-refractivity contribution in [3.05, 3.63) is 59.4 Å². The van der Waals surface area contributed by atoms with E-state index in [4.69, 9.17) is 4.74 Å². The van der Waals surface area contributed by atoms with Crippen LogP contribution in [-0.2, 0) is 0 Å². The molecule has 0 spiro atoms. The normalized spacial score (nSPS) is 12.0. The summed E-state index contributed by atoms with van der Waals surface area (Å²) in [7, 11) is 1.43. The van der Waals surface area contributed by atoms with Crippen molar-refractivity contribution in [1.82, 2.24) is 0 Å². The summed E-state index contributed by atoms with van der Waals surface area (Å²) in [5.74, 6) is -0.459. The summed E-state index contributed by atoms with van der Waals surface area (Å²) in [6, 6.07) is 9.35.